The first kappa shape index (κ1) is 16.0. The summed E-state index contributed by atoms with van der Waals surface area (Å²) in [5, 5.41) is 12.4. The lowest BCUT2D eigenvalue weighted by Gasteiger charge is -2.39. The molecule has 2 rings (SSSR count). The smallest absolute Gasteiger partial charge is 0.329 e. The Hall–Kier alpha value is -1.36. The minimum atomic E-state index is -1.15. The summed E-state index contributed by atoms with van der Waals surface area (Å²) in [6, 6.07) is 5.42. The Labute approximate surface area is 133 Å². The predicted molar refractivity (Wildman–Crippen MR) is 84.3 cm³/mol. The van der Waals surface area contributed by atoms with E-state index < -0.39 is 11.5 Å². The molecule has 0 spiro atoms. The van der Waals surface area contributed by atoms with Gasteiger partial charge in [0.05, 0.1) is 5.56 Å². The van der Waals surface area contributed by atoms with Crippen molar-refractivity contribution in [2.24, 2.45) is 5.92 Å². The van der Waals surface area contributed by atoms with E-state index in [9.17, 15) is 14.7 Å². The average Bonchev–Trinajstić information content (AvgIpc) is 2.41. The number of carbonyl (C=O) groups excluding carboxylic acids is 1. The number of benzene rings is 1. The van der Waals surface area contributed by atoms with Gasteiger partial charge in [-0.25, -0.2) is 4.79 Å². The van der Waals surface area contributed by atoms with Gasteiger partial charge < -0.3 is 10.4 Å². The van der Waals surface area contributed by atoms with Gasteiger partial charge in [-0.2, -0.15) is 0 Å². The molecule has 1 aromatic rings. The van der Waals surface area contributed by atoms with Crippen molar-refractivity contribution in [2.75, 3.05) is 0 Å². The van der Waals surface area contributed by atoms with Crippen LogP contribution in [-0.2, 0) is 4.79 Å². The zero-order valence-corrected chi connectivity index (χ0v) is 13.9. The lowest BCUT2D eigenvalue weighted by molar-refractivity contribution is -0.148. The molecule has 2 unspecified atom stereocenters. The number of halogens is 1. The van der Waals surface area contributed by atoms with Crippen molar-refractivity contribution >= 4 is 27.8 Å². The predicted octanol–water partition coefficient (Wildman–Crippen LogP) is 3.52. The maximum absolute atomic E-state index is 12.5. The van der Waals surface area contributed by atoms with Gasteiger partial charge in [-0.05, 0) is 59.3 Å². The summed E-state index contributed by atoms with van der Waals surface area (Å²) in [5.74, 6) is -1.35. The number of carbonyl (C=O) groups is 2. The van der Waals surface area contributed by atoms with Gasteiger partial charge in [-0.3, -0.25) is 4.79 Å². The topological polar surface area (TPSA) is 66.4 Å². The third-order valence-corrected chi connectivity index (χ3v) is 5.04. The van der Waals surface area contributed by atoms with Gasteiger partial charge in [-0.1, -0.05) is 25.8 Å². The molecular weight excluding hydrogens is 334 g/mol. The molecule has 4 nitrogen and oxygen atoms in total. The number of aliphatic carboxylic acids is 1. The van der Waals surface area contributed by atoms with Crippen LogP contribution in [0.15, 0.2) is 22.7 Å². The van der Waals surface area contributed by atoms with Crippen LogP contribution in [0.2, 0.25) is 0 Å². The Kier molecular flexibility index (Phi) is 4.71. The summed E-state index contributed by atoms with van der Waals surface area (Å²) in [7, 11) is 0. The van der Waals surface area contributed by atoms with Gasteiger partial charge in [0.25, 0.3) is 5.91 Å². The number of amides is 1. The summed E-state index contributed by atoms with van der Waals surface area (Å²) in [4.78, 5) is 24.3. The van der Waals surface area contributed by atoms with Gasteiger partial charge in [0.15, 0.2) is 0 Å². The molecule has 2 N–H and O–H groups in total. The van der Waals surface area contributed by atoms with Crippen molar-refractivity contribution in [3.8, 4) is 0 Å². The second-order valence-corrected chi connectivity index (χ2v) is 6.72. The first-order valence-corrected chi connectivity index (χ1v) is 7.98. The van der Waals surface area contributed by atoms with Crippen molar-refractivity contribution in [2.45, 2.75) is 45.1 Å². The second kappa shape index (κ2) is 6.18. The molecule has 114 valence electrons. The molecule has 1 aliphatic rings. The minimum Gasteiger partial charge on any atom is -0.479 e. The molecule has 1 aliphatic carbocycles. The van der Waals surface area contributed by atoms with E-state index in [-0.39, 0.29) is 11.8 Å². The number of aryl methyl sites for hydroxylation is 1. The summed E-state index contributed by atoms with van der Waals surface area (Å²) < 4.78 is 0.684. The molecule has 0 bridgehead atoms. The molecule has 1 aromatic carbocycles. The number of nitrogens with one attached hydrogen (secondary N) is 1. The molecule has 21 heavy (non-hydrogen) atoms. The fraction of sp³-hybridized carbons (Fsp3) is 0.500. The molecule has 1 amide bonds. The van der Waals surface area contributed by atoms with E-state index in [1.165, 1.54) is 0 Å². The highest BCUT2D eigenvalue weighted by atomic mass is 79.9. The minimum absolute atomic E-state index is 0.0723. The lowest BCUT2D eigenvalue weighted by atomic mass is 9.73. The van der Waals surface area contributed by atoms with Crippen LogP contribution >= 0.6 is 15.9 Å². The fourth-order valence-corrected chi connectivity index (χ4v) is 3.65. The third-order valence-electron chi connectivity index (χ3n) is 4.39. The SMILES string of the molecule is Cc1ccc(C(=O)NC2(C(=O)O)CCCCC2C)c(Br)c1. The van der Waals surface area contributed by atoms with Gasteiger partial charge in [0.1, 0.15) is 5.54 Å². The molecule has 0 radical (unpaired) electrons. The standard InChI is InChI=1S/C16H20BrNO3/c1-10-6-7-12(13(17)9-10)14(19)18-16(15(20)21)8-4-3-5-11(16)2/h6-7,9,11H,3-5,8H2,1-2H3,(H,18,19)(H,20,21). The van der Waals surface area contributed by atoms with Crippen molar-refractivity contribution in [1.82, 2.24) is 5.32 Å². The molecule has 0 saturated heterocycles. The molecule has 0 heterocycles. The molecule has 5 heteroatoms. The Balaban J connectivity index is 2.28. The highest BCUT2D eigenvalue weighted by Gasteiger charge is 2.46. The van der Waals surface area contributed by atoms with Gasteiger partial charge in [0.2, 0.25) is 0 Å². The van der Waals surface area contributed by atoms with Crippen molar-refractivity contribution in [3.05, 3.63) is 33.8 Å². The first-order valence-electron chi connectivity index (χ1n) is 7.19. The van der Waals surface area contributed by atoms with E-state index in [0.29, 0.717) is 16.5 Å². The number of carboxylic acids is 1. The summed E-state index contributed by atoms with van der Waals surface area (Å²) >= 11 is 3.37. The Morgan fingerprint density at radius 1 is 1.38 bits per heavy atom. The molecular formula is C16H20BrNO3. The molecule has 1 saturated carbocycles. The molecule has 2 atom stereocenters. The van der Waals surface area contributed by atoms with E-state index >= 15 is 0 Å². The number of hydrogen-bond acceptors (Lipinski definition) is 2. The third kappa shape index (κ3) is 3.12. The van der Waals surface area contributed by atoms with Crippen molar-refractivity contribution in [3.63, 3.8) is 0 Å². The second-order valence-electron chi connectivity index (χ2n) is 5.86. The van der Waals surface area contributed by atoms with Crippen LogP contribution in [0.5, 0.6) is 0 Å². The Morgan fingerprint density at radius 3 is 2.67 bits per heavy atom. The Bertz CT molecular complexity index is 573. The number of carboxylic acid groups (broad SMARTS) is 1. The lowest BCUT2D eigenvalue weighted by Crippen LogP contribution is -2.60. The zero-order chi connectivity index (χ0) is 15.6. The van der Waals surface area contributed by atoms with E-state index in [2.05, 4.69) is 21.2 Å². The maximum Gasteiger partial charge on any atom is 0.329 e. The largest absolute Gasteiger partial charge is 0.479 e. The summed E-state index contributed by atoms with van der Waals surface area (Å²) in [6.07, 6.45) is 3.15. The fourth-order valence-electron chi connectivity index (χ4n) is 2.98. The van der Waals surface area contributed by atoms with Crippen LogP contribution in [0.3, 0.4) is 0 Å². The Morgan fingerprint density at radius 2 is 2.10 bits per heavy atom. The van der Waals surface area contributed by atoms with E-state index in [4.69, 9.17) is 0 Å². The van der Waals surface area contributed by atoms with E-state index in [1.54, 1.807) is 6.07 Å². The first-order chi connectivity index (χ1) is 9.86. The van der Waals surface area contributed by atoms with Crippen LogP contribution in [0.25, 0.3) is 0 Å². The highest BCUT2D eigenvalue weighted by molar-refractivity contribution is 9.10. The maximum atomic E-state index is 12.5. The van der Waals surface area contributed by atoms with Gasteiger partial charge >= 0.3 is 5.97 Å². The van der Waals surface area contributed by atoms with E-state index in [1.807, 2.05) is 26.0 Å². The van der Waals surface area contributed by atoms with E-state index in [0.717, 1.165) is 24.8 Å². The van der Waals surface area contributed by atoms with Crippen LogP contribution in [0.1, 0.15) is 48.5 Å². The molecule has 0 aromatic heterocycles. The van der Waals surface area contributed by atoms with Gasteiger partial charge in [0, 0.05) is 4.47 Å². The van der Waals surface area contributed by atoms with Crippen molar-refractivity contribution < 1.29 is 14.7 Å². The summed E-state index contributed by atoms with van der Waals surface area (Å²) in [5.41, 5.74) is 0.357. The molecule has 0 aliphatic heterocycles. The number of hydrogen-bond donors (Lipinski definition) is 2. The molecule has 1 fully saturated rings. The normalized spacial score (nSPS) is 25.4. The number of rotatable bonds is 3. The summed E-state index contributed by atoms with van der Waals surface area (Å²) in [6.45, 7) is 3.84. The van der Waals surface area contributed by atoms with Crippen LogP contribution in [-0.4, -0.2) is 22.5 Å². The van der Waals surface area contributed by atoms with Crippen molar-refractivity contribution in [1.29, 1.82) is 0 Å². The zero-order valence-electron chi connectivity index (χ0n) is 12.3. The van der Waals surface area contributed by atoms with Crippen LogP contribution < -0.4 is 5.32 Å². The monoisotopic (exact) mass is 353 g/mol. The van der Waals surface area contributed by atoms with Crippen LogP contribution in [0, 0.1) is 12.8 Å². The highest BCUT2D eigenvalue weighted by Crippen LogP contribution is 2.34. The average molecular weight is 354 g/mol. The van der Waals surface area contributed by atoms with Crippen LogP contribution in [0.4, 0.5) is 0 Å². The quantitative estimate of drug-likeness (QED) is 0.873. The van der Waals surface area contributed by atoms with Gasteiger partial charge in [-0.15, -0.1) is 0 Å².